The predicted molar refractivity (Wildman–Crippen MR) is 135 cm³/mol. The monoisotopic (exact) mass is 521 g/mol. The maximum absolute atomic E-state index is 13.1. The molecule has 198 valence electrons. The van der Waals surface area contributed by atoms with E-state index in [-0.39, 0.29) is 30.8 Å². The van der Waals surface area contributed by atoms with Crippen molar-refractivity contribution >= 4 is 17.7 Å². The Kier molecular flexibility index (Phi) is 7.65. The van der Waals surface area contributed by atoms with Crippen molar-refractivity contribution in [2.45, 2.75) is 45.9 Å². The fraction of sp³-hybridized carbons (Fsp3) is 0.320. The van der Waals surface area contributed by atoms with Gasteiger partial charge in [0.25, 0.3) is 5.69 Å². The molecule has 38 heavy (non-hydrogen) atoms. The molecule has 0 spiro atoms. The van der Waals surface area contributed by atoms with Gasteiger partial charge in [-0.2, -0.15) is 9.36 Å². The molecule has 0 saturated carbocycles. The van der Waals surface area contributed by atoms with Gasteiger partial charge in [0.05, 0.1) is 28.3 Å². The highest BCUT2D eigenvalue weighted by atomic mass is 16.6. The van der Waals surface area contributed by atoms with Gasteiger partial charge in [-0.25, -0.2) is 14.4 Å². The molecule has 2 amide bonds. The molecule has 13 nitrogen and oxygen atoms in total. The van der Waals surface area contributed by atoms with Crippen molar-refractivity contribution in [3.63, 3.8) is 0 Å². The molecular formula is C25H27N7O6. The summed E-state index contributed by atoms with van der Waals surface area (Å²) >= 11 is 0. The largest absolute Gasteiger partial charge is 0.459 e. The zero-order chi connectivity index (χ0) is 27.4. The number of aryl methyl sites for hydroxylation is 1. The lowest BCUT2D eigenvalue weighted by Crippen LogP contribution is -2.49. The van der Waals surface area contributed by atoms with E-state index >= 15 is 0 Å². The summed E-state index contributed by atoms with van der Waals surface area (Å²) in [4.78, 5) is 51.2. The first-order valence-corrected chi connectivity index (χ1v) is 12.0. The van der Waals surface area contributed by atoms with Crippen LogP contribution in [0, 0.1) is 10.1 Å². The Morgan fingerprint density at radius 1 is 1.11 bits per heavy atom. The average molecular weight is 522 g/mol. The minimum absolute atomic E-state index is 0.107. The van der Waals surface area contributed by atoms with Crippen molar-refractivity contribution in [3.05, 3.63) is 92.0 Å². The molecule has 1 aromatic heterocycles. The summed E-state index contributed by atoms with van der Waals surface area (Å²) in [6.45, 7) is 5.24. The van der Waals surface area contributed by atoms with Crippen molar-refractivity contribution in [2.75, 3.05) is 6.54 Å². The summed E-state index contributed by atoms with van der Waals surface area (Å²) in [6.07, 6.45) is -0.128. The number of esters is 1. The number of ether oxygens (including phenoxy) is 1. The Morgan fingerprint density at radius 3 is 2.53 bits per heavy atom. The molecule has 2 aromatic carbocycles. The van der Waals surface area contributed by atoms with Crippen LogP contribution in [0.4, 0.5) is 10.5 Å². The fourth-order valence-corrected chi connectivity index (χ4v) is 4.24. The van der Waals surface area contributed by atoms with E-state index in [1.807, 2.05) is 6.07 Å². The Morgan fingerprint density at radius 2 is 1.84 bits per heavy atom. The van der Waals surface area contributed by atoms with Gasteiger partial charge in [-0.15, -0.1) is 0 Å². The number of nitro benzene ring substituents is 1. The quantitative estimate of drug-likeness (QED) is 0.256. The standard InChI is InChI=1S/C25H27N7O6/c1-16(2)38-23(33)21-17(3)26-24(34)29(22(21)18-9-7-12-20(15-18)32(36)37)13-8-14-30-25(35)31(28-27-30)19-10-5-4-6-11-19/h4-7,9-12,15-16,22H,8,13-14H2,1-3H3,(H,26,34). The molecule has 1 unspecified atom stereocenters. The van der Waals surface area contributed by atoms with E-state index in [1.165, 1.54) is 32.5 Å². The Labute approximate surface area is 217 Å². The molecule has 1 aliphatic rings. The zero-order valence-electron chi connectivity index (χ0n) is 21.1. The average Bonchev–Trinajstić information content (AvgIpc) is 3.25. The molecule has 2 heterocycles. The van der Waals surface area contributed by atoms with Gasteiger partial charge in [-0.1, -0.05) is 30.3 Å². The smallest absolute Gasteiger partial charge is 0.368 e. The van der Waals surface area contributed by atoms with Crippen LogP contribution in [0.3, 0.4) is 0 Å². The number of nitro groups is 1. The number of hydrogen-bond donors (Lipinski definition) is 1. The number of carbonyl (C=O) groups excluding carboxylic acids is 2. The fourth-order valence-electron chi connectivity index (χ4n) is 4.24. The Hall–Kier alpha value is -4.81. The molecule has 3 aromatic rings. The van der Waals surface area contributed by atoms with Crippen LogP contribution in [0.2, 0.25) is 0 Å². The zero-order valence-corrected chi connectivity index (χ0v) is 21.1. The highest BCUT2D eigenvalue weighted by molar-refractivity contribution is 5.95. The highest BCUT2D eigenvalue weighted by Gasteiger charge is 2.39. The van der Waals surface area contributed by atoms with E-state index in [4.69, 9.17) is 4.74 Å². The minimum atomic E-state index is -0.938. The third-order valence-electron chi connectivity index (χ3n) is 5.91. The summed E-state index contributed by atoms with van der Waals surface area (Å²) in [7, 11) is 0. The molecule has 1 N–H and O–H groups in total. The van der Waals surface area contributed by atoms with E-state index < -0.39 is 34.8 Å². The van der Waals surface area contributed by atoms with Crippen LogP contribution in [-0.4, -0.2) is 54.3 Å². The van der Waals surface area contributed by atoms with Gasteiger partial charge in [0.15, 0.2) is 0 Å². The van der Waals surface area contributed by atoms with Gasteiger partial charge in [-0.05, 0) is 55.3 Å². The second-order valence-electron chi connectivity index (χ2n) is 8.96. The lowest BCUT2D eigenvalue weighted by atomic mass is 9.93. The van der Waals surface area contributed by atoms with Gasteiger partial charge < -0.3 is 15.0 Å². The molecule has 4 rings (SSSR count). The van der Waals surface area contributed by atoms with E-state index in [2.05, 4.69) is 15.7 Å². The van der Waals surface area contributed by atoms with Crippen LogP contribution >= 0.6 is 0 Å². The van der Waals surface area contributed by atoms with Crippen molar-refractivity contribution in [3.8, 4) is 5.69 Å². The predicted octanol–water partition coefficient (Wildman–Crippen LogP) is 2.72. The number of allylic oxidation sites excluding steroid dienone is 1. The number of non-ortho nitro benzene ring substituents is 1. The molecule has 0 aliphatic carbocycles. The first-order chi connectivity index (χ1) is 18.2. The first-order valence-electron chi connectivity index (χ1n) is 12.0. The number of aromatic nitrogens is 4. The van der Waals surface area contributed by atoms with Crippen LogP contribution in [0.25, 0.3) is 5.69 Å². The Balaban J connectivity index is 1.62. The number of nitrogens with one attached hydrogen (secondary N) is 1. The van der Waals surface area contributed by atoms with Crippen molar-refractivity contribution in [1.29, 1.82) is 0 Å². The van der Waals surface area contributed by atoms with Crippen LogP contribution in [-0.2, 0) is 16.1 Å². The second-order valence-corrected chi connectivity index (χ2v) is 8.96. The third kappa shape index (κ3) is 5.45. The maximum atomic E-state index is 13.1. The van der Waals surface area contributed by atoms with E-state index in [1.54, 1.807) is 51.1 Å². The summed E-state index contributed by atoms with van der Waals surface area (Å²) < 4.78 is 7.79. The van der Waals surface area contributed by atoms with E-state index in [0.717, 1.165) is 0 Å². The summed E-state index contributed by atoms with van der Waals surface area (Å²) in [5.41, 5.74) is 0.815. The van der Waals surface area contributed by atoms with Gasteiger partial charge in [0, 0.05) is 30.9 Å². The maximum Gasteiger partial charge on any atom is 0.368 e. The number of nitrogens with zero attached hydrogens (tertiary/aromatic N) is 6. The van der Waals surface area contributed by atoms with Gasteiger partial charge in [0.2, 0.25) is 0 Å². The molecule has 0 bridgehead atoms. The second kappa shape index (κ2) is 11.1. The molecule has 0 fully saturated rings. The van der Waals surface area contributed by atoms with Crippen molar-refractivity contribution in [2.24, 2.45) is 0 Å². The molecule has 1 atom stereocenters. The van der Waals surface area contributed by atoms with E-state index in [9.17, 15) is 24.5 Å². The number of carbonyl (C=O) groups is 2. The van der Waals surface area contributed by atoms with Crippen LogP contribution in [0.1, 0.15) is 38.8 Å². The van der Waals surface area contributed by atoms with Gasteiger partial charge in [-0.3, -0.25) is 10.1 Å². The minimum Gasteiger partial charge on any atom is -0.459 e. The number of benzene rings is 2. The highest BCUT2D eigenvalue weighted by Crippen LogP contribution is 2.36. The van der Waals surface area contributed by atoms with Gasteiger partial charge >= 0.3 is 17.7 Å². The van der Waals surface area contributed by atoms with Crippen LogP contribution in [0.15, 0.2) is 70.7 Å². The molecule has 1 aliphatic heterocycles. The van der Waals surface area contributed by atoms with Crippen LogP contribution in [0.5, 0.6) is 0 Å². The van der Waals surface area contributed by atoms with E-state index in [0.29, 0.717) is 16.9 Å². The number of hydrogen-bond acceptors (Lipinski definition) is 8. The lowest BCUT2D eigenvalue weighted by molar-refractivity contribution is -0.384. The lowest BCUT2D eigenvalue weighted by Gasteiger charge is -2.38. The number of rotatable bonds is 9. The first kappa shape index (κ1) is 26.3. The Bertz CT molecular complexity index is 1440. The summed E-state index contributed by atoms with van der Waals surface area (Å²) in [5, 5.41) is 22.0. The third-order valence-corrected chi connectivity index (χ3v) is 5.91. The number of amides is 2. The number of tetrazole rings is 1. The molecule has 0 saturated heterocycles. The van der Waals surface area contributed by atoms with Gasteiger partial charge in [0.1, 0.15) is 0 Å². The molecule has 13 heteroatoms. The molecular weight excluding hydrogens is 494 g/mol. The number of para-hydroxylation sites is 1. The van der Waals surface area contributed by atoms with Crippen molar-refractivity contribution in [1.82, 2.24) is 30.0 Å². The SMILES string of the molecule is CC1=C(C(=O)OC(C)C)C(c2cccc([N+](=O)[O-])c2)N(CCCn2nnn(-c3ccccc3)c2=O)C(=O)N1. The number of urea groups is 1. The topological polar surface area (TPSA) is 154 Å². The summed E-state index contributed by atoms with van der Waals surface area (Å²) in [5.74, 6) is -0.638. The summed E-state index contributed by atoms with van der Waals surface area (Å²) in [6, 6.07) is 13.2. The van der Waals surface area contributed by atoms with Crippen molar-refractivity contribution < 1.29 is 19.2 Å². The normalized spacial score (nSPS) is 15.5. The van der Waals surface area contributed by atoms with Crippen LogP contribution < -0.4 is 11.0 Å². The molecule has 0 radical (unpaired) electrons.